The second-order valence-corrected chi connectivity index (χ2v) is 3.99. The van der Waals surface area contributed by atoms with E-state index in [0.29, 0.717) is 6.54 Å². The third-order valence-electron chi connectivity index (χ3n) is 2.44. The van der Waals surface area contributed by atoms with Crippen molar-refractivity contribution in [3.05, 3.63) is 29.8 Å². The number of hydrogen-bond donors (Lipinski definition) is 2. The lowest BCUT2D eigenvalue weighted by atomic mass is 10.2. The van der Waals surface area contributed by atoms with Crippen LogP contribution in [0.1, 0.15) is 19.4 Å². The number of ether oxygens (including phenoxy) is 1. The van der Waals surface area contributed by atoms with Gasteiger partial charge in [0.15, 0.2) is 0 Å². The summed E-state index contributed by atoms with van der Waals surface area (Å²) in [6.45, 7) is 3.45. The summed E-state index contributed by atoms with van der Waals surface area (Å²) >= 11 is 0. The maximum Gasteiger partial charge on any atom is 0.242 e. The highest BCUT2D eigenvalue weighted by atomic mass is 16.5. The van der Waals surface area contributed by atoms with Gasteiger partial charge in [0.05, 0.1) is 7.11 Å². The van der Waals surface area contributed by atoms with Crippen LogP contribution in [0.3, 0.4) is 0 Å². The second-order valence-electron chi connectivity index (χ2n) is 3.99. The molecule has 0 radical (unpaired) electrons. The molecule has 0 aliphatic heterocycles. The first-order chi connectivity index (χ1) is 8.52. The van der Waals surface area contributed by atoms with Crippen molar-refractivity contribution in [1.29, 1.82) is 0 Å². The zero-order valence-corrected chi connectivity index (χ0v) is 10.8. The lowest BCUT2D eigenvalue weighted by Crippen LogP contribution is -2.43. The zero-order chi connectivity index (χ0) is 13.5. The normalized spacial score (nSPS) is 11.5. The number of nitrogens with one attached hydrogen (secondary N) is 2. The second kappa shape index (κ2) is 6.64. The minimum Gasteiger partial charge on any atom is -0.497 e. The van der Waals surface area contributed by atoms with Crippen molar-refractivity contribution < 1.29 is 14.3 Å². The number of carbonyl (C=O) groups excluding carboxylic acids is 2. The molecule has 2 amide bonds. The molecule has 0 fully saturated rings. The van der Waals surface area contributed by atoms with Crippen LogP contribution in [0.15, 0.2) is 24.3 Å². The Bertz CT molecular complexity index is 415. The Labute approximate surface area is 107 Å². The molecule has 0 heterocycles. The van der Waals surface area contributed by atoms with Crippen molar-refractivity contribution in [2.75, 3.05) is 7.11 Å². The molecule has 0 saturated heterocycles. The van der Waals surface area contributed by atoms with E-state index in [1.54, 1.807) is 14.0 Å². The van der Waals surface area contributed by atoms with Crippen molar-refractivity contribution in [2.24, 2.45) is 0 Å². The van der Waals surface area contributed by atoms with Gasteiger partial charge in [0.25, 0.3) is 0 Å². The van der Waals surface area contributed by atoms with E-state index in [-0.39, 0.29) is 11.8 Å². The summed E-state index contributed by atoms with van der Waals surface area (Å²) in [5.74, 6) is 0.347. The molecule has 0 aliphatic rings. The Balaban J connectivity index is 2.44. The highest BCUT2D eigenvalue weighted by Crippen LogP contribution is 2.10. The SMILES string of the molecule is COc1ccc(CNC(=O)C(C)NC(C)=O)cc1. The van der Waals surface area contributed by atoms with Gasteiger partial charge in [-0.15, -0.1) is 0 Å². The molecule has 0 saturated carbocycles. The Morgan fingerprint density at radius 1 is 1.28 bits per heavy atom. The smallest absolute Gasteiger partial charge is 0.242 e. The quantitative estimate of drug-likeness (QED) is 0.813. The average Bonchev–Trinajstić information content (AvgIpc) is 2.35. The predicted molar refractivity (Wildman–Crippen MR) is 68.1 cm³/mol. The van der Waals surface area contributed by atoms with Crippen LogP contribution < -0.4 is 15.4 Å². The van der Waals surface area contributed by atoms with E-state index in [2.05, 4.69) is 10.6 Å². The first-order valence-electron chi connectivity index (χ1n) is 5.70. The summed E-state index contributed by atoms with van der Waals surface area (Å²) in [6, 6.07) is 6.89. The molecule has 1 aromatic carbocycles. The standard InChI is InChI=1S/C13H18N2O3/c1-9(15-10(2)16)13(17)14-8-11-4-6-12(18-3)7-5-11/h4-7,9H,8H2,1-3H3,(H,14,17)(H,15,16). The molecule has 0 spiro atoms. The van der Waals surface area contributed by atoms with Crippen molar-refractivity contribution in [3.63, 3.8) is 0 Å². The molecule has 98 valence electrons. The predicted octanol–water partition coefficient (Wildman–Crippen LogP) is 0.836. The fraction of sp³-hybridized carbons (Fsp3) is 0.385. The summed E-state index contributed by atoms with van der Waals surface area (Å²) in [5.41, 5.74) is 0.971. The van der Waals surface area contributed by atoms with Gasteiger partial charge in [-0.1, -0.05) is 12.1 Å². The molecule has 5 nitrogen and oxygen atoms in total. The van der Waals surface area contributed by atoms with Crippen LogP contribution in [0.2, 0.25) is 0 Å². The number of methoxy groups -OCH3 is 1. The molecular formula is C13H18N2O3. The fourth-order valence-electron chi connectivity index (χ4n) is 1.46. The lowest BCUT2D eigenvalue weighted by Gasteiger charge is -2.12. The topological polar surface area (TPSA) is 67.4 Å². The third-order valence-corrected chi connectivity index (χ3v) is 2.44. The van der Waals surface area contributed by atoms with Crippen LogP contribution in [-0.4, -0.2) is 25.0 Å². The minimum atomic E-state index is -0.527. The monoisotopic (exact) mass is 250 g/mol. The minimum absolute atomic E-state index is 0.207. The van der Waals surface area contributed by atoms with E-state index in [1.165, 1.54) is 6.92 Å². The molecule has 1 rings (SSSR count). The van der Waals surface area contributed by atoms with Crippen LogP contribution in [0.4, 0.5) is 0 Å². The maximum atomic E-state index is 11.6. The van der Waals surface area contributed by atoms with Gasteiger partial charge < -0.3 is 15.4 Å². The molecular weight excluding hydrogens is 232 g/mol. The molecule has 0 bridgehead atoms. The van der Waals surface area contributed by atoms with Gasteiger partial charge in [-0.25, -0.2) is 0 Å². The van der Waals surface area contributed by atoms with Gasteiger partial charge in [-0.2, -0.15) is 0 Å². The largest absolute Gasteiger partial charge is 0.497 e. The molecule has 2 N–H and O–H groups in total. The molecule has 1 unspecified atom stereocenters. The van der Waals surface area contributed by atoms with E-state index in [9.17, 15) is 9.59 Å². The Kier molecular flexibility index (Phi) is 5.17. The average molecular weight is 250 g/mol. The van der Waals surface area contributed by atoms with Crippen molar-refractivity contribution in [3.8, 4) is 5.75 Å². The summed E-state index contributed by atoms with van der Waals surface area (Å²) < 4.78 is 5.04. The Morgan fingerprint density at radius 3 is 2.39 bits per heavy atom. The van der Waals surface area contributed by atoms with Gasteiger partial charge in [-0.3, -0.25) is 9.59 Å². The summed E-state index contributed by atoms with van der Waals surface area (Å²) in [5, 5.41) is 5.27. The van der Waals surface area contributed by atoms with E-state index in [4.69, 9.17) is 4.74 Å². The Morgan fingerprint density at radius 2 is 1.89 bits per heavy atom. The van der Waals surface area contributed by atoms with Gasteiger partial charge in [0, 0.05) is 13.5 Å². The van der Waals surface area contributed by atoms with Gasteiger partial charge in [0.2, 0.25) is 11.8 Å². The summed E-state index contributed by atoms with van der Waals surface area (Å²) in [4.78, 5) is 22.4. The van der Waals surface area contributed by atoms with Crippen LogP contribution in [-0.2, 0) is 16.1 Å². The van der Waals surface area contributed by atoms with Crippen LogP contribution in [0.5, 0.6) is 5.75 Å². The maximum absolute atomic E-state index is 11.6. The molecule has 18 heavy (non-hydrogen) atoms. The fourth-order valence-corrected chi connectivity index (χ4v) is 1.46. The van der Waals surface area contributed by atoms with E-state index >= 15 is 0 Å². The molecule has 0 aromatic heterocycles. The van der Waals surface area contributed by atoms with E-state index in [1.807, 2.05) is 24.3 Å². The van der Waals surface area contributed by atoms with Crippen molar-refractivity contribution >= 4 is 11.8 Å². The lowest BCUT2D eigenvalue weighted by molar-refractivity contribution is -0.127. The number of carbonyl (C=O) groups is 2. The number of benzene rings is 1. The first-order valence-corrected chi connectivity index (χ1v) is 5.70. The third kappa shape index (κ3) is 4.45. The van der Waals surface area contributed by atoms with E-state index < -0.39 is 6.04 Å². The van der Waals surface area contributed by atoms with Gasteiger partial charge in [0.1, 0.15) is 11.8 Å². The van der Waals surface area contributed by atoms with Crippen molar-refractivity contribution in [1.82, 2.24) is 10.6 Å². The number of hydrogen-bond acceptors (Lipinski definition) is 3. The van der Waals surface area contributed by atoms with Gasteiger partial charge >= 0.3 is 0 Å². The zero-order valence-electron chi connectivity index (χ0n) is 10.8. The van der Waals surface area contributed by atoms with E-state index in [0.717, 1.165) is 11.3 Å². The molecule has 0 aliphatic carbocycles. The van der Waals surface area contributed by atoms with Crippen molar-refractivity contribution in [2.45, 2.75) is 26.4 Å². The molecule has 5 heteroatoms. The highest BCUT2D eigenvalue weighted by molar-refractivity contribution is 5.86. The van der Waals surface area contributed by atoms with Crippen LogP contribution in [0.25, 0.3) is 0 Å². The van der Waals surface area contributed by atoms with Gasteiger partial charge in [-0.05, 0) is 24.6 Å². The highest BCUT2D eigenvalue weighted by Gasteiger charge is 2.12. The van der Waals surface area contributed by atoms with Crippen LogP contribution in [0, 0.1) is 0 Å². The number of rotatable bonds is 5. The molecule has 1 atom stereocenters. The number of amides is 2. The van der Waals surface area contributed by atoms with Crippen LogP contribution >= 0.6 is 0 Å². The molecule has 1 aromatic rings. The summed E-state index contributed by atoms with van der Waals surface area (Å²) in [7, 11) is 1.60. The summed E-state index contributed by atoms with van der Waals surface area (Å²) in [6.07, 6.45) is 0. The Hall–Kier alpha value is -2.04. The first kappa shape index (κ1) is 14.0.